The number of rotatable bonds is 7. The van der Waals surface area contributed by atoms with Gasteiger partial charge in [-0.2, -0.15) is 4.98 Å². The zero-order valence-corrected chi connectivity index (χ0v) is 11.3. The molecule has 2 rings (SSSR count). The fraction of sp³-hybridized carbons (Fsp3) is 0.538. The first-order chi connectivity index (χ1) is 9.12. The van der Waals surface area contributed by atoms with Crippen LogP contribution in [0.2, 0.25) is 0 Å². The number of hydrogen-bond donors (Lipinski definition) is 1. The van der Waals surface area contributed by atoms with Crippen LogP contribution in [0.15, 0.2) is 27.3 Å². The van der Waals surface area contributed by atoms with Crippen LogP contribution < -0.4 is 5.73 Å². The lowest BCUT2D eigenvalue weighted by molar-refractivity contribution is 0.0962. The summed E-state index contributed by atoms with van der Waals surface area (Å²) in [5.41, 5.74) is 5.37. The van der Waals surface area contributed by atoms with Gasteiger partial charge in [-0.15, -0.1) is 0 Å². The van der Waals surface area contributed by atoms with E-state index in [9.17, 15) is 0 Å². The molecular formula is C13H19N3O3. The van der Waals surface area contributed by atoms with Crippen molar-refractivity contribution in [3.63, 3.8) is 0 Å². The second-order valence-electron chi connectivity index (χ2n) is 4.65. The second-order valence-corrected chi connectivity index (χ2v) is 4.65. The molecule has 0 spiro atoms. The van der Waals surface area contributed by atoms with E-state index in [0.717, 1.165) is 12.2 Å². The Labute approximate surface area is 111 Å². The molecule has 2 heterocycles. The SMILES string of the molecule is CCOCC(C)(N)c1noc(CCc2ccco2)n1. The first-order valence-corrected chi connectivity index (χ1v) is 6.34. The normalized spacial score (nSPS) is 14.5. The average Bonchev–Trinajstić information content (AvgIpc) is 3.05. The van der Waals surface area contributed by atoms with E-state index in [1.54, 1.807) is 6.26 Å². The van der Waals surface area contributed by atoms with Crippen LogP contribution >= 0.6 is 0 Å². The van der Waals surface area contributed by atoms with Crippen LogP contribution in [0.1, 0.15) is 31.3 Å². The quantitative estimate of drug-likeness (QED) is 0.819. The number of nitrogens with two attached hydrogens (primary N) is 1. The van der Waals surface area contributed by atoms with Crippen molar-refractivity contribution in [3.8, 4) is 0 Å². The van der Waals surface area contributed by atoms with Crippen molar-refractivity contribution in [1.82, 2.24) is 10.1 Å². The molecule has 0 fully saturated rings. The summed E-state index contributed by atoms with van der Waals surface area (Å²) in [4.78, 5) is 4.31. The Morgan fingerprint density at radius 3 is 2.95 bits per heavy atom. The maximum atomic E-state index is 6.10. The number of ether oxygens (including phenoxy) is 1. The molecule has 0 aliphatic rings. The molecule has 2 aromatic heterocycles. The van der Waals surface area contributed by atoms with Gasteiger partial charge in [-0.05, 0) is 26.0 Å². The van der Waals surface area contributed by atoms with E-state index in [4.69, 9.17) is 19.4 Å². The minimum absolute atomic E-state index is 0.362. The van der Waals surface area contributed by atoms with Crippen molar-refractivity contribution in [1.29, 1.82) is 0 Å². The van der Waals surface area contributed by atoms with E-state index in [2.05, 4.69) is 10.1 Å². The summed E-state index contributed by atoms with van der Waals surface area (Å²) in [7, 11) is 0. The number of furan rings is 1. The van der Waals surface area contributed by atoms with Crippen LogP contribution in [0.25, 0.3) is 0 Å². The highest BCUT2D eigenvalue weighted by molar-refractivity contribution is 5.04. The first-order valence-electron chi connectivity index (χ1n) is 6.34. The minimum atomic E-state index is -0.734. The highest BCUT2D eigenvalue weighted by Crippen LogP contribution is 2.15. The highest BCUT2D eigenvalue weighted by Gasteiger charge is 2.27. The fourth-order valence-corrected chi connectivity index (χ4v) is 1.65. The summed E-state index contributed by atoms with van der Waals surface area (Å²) in [5, 5.41) is 3.92. The van der Waals surface area contributed by atoms with Crippen molar-refractivity contribution in [2.45, 2.75) is 32.2 Å². The molecule has 0 radical (unpaired) electrons. The molecule has 0 aliphatic heterocycles. The standard InChI is InChI=1S/C13H19N3O3/c1-3-17-9-13(2,14)12-15-11(19-16-12)7-6-10-5-4-8-18-10/h4-5,8H,3,6-7,9,14H2,1-2H3. The lowest BCUT2D eigenvalue weighted by Gasteiger charge is -2.19. The van der Waals surface area contributed by atoms with Gasteiger partial charge in [0.2, 0.25) is 5.89 Å². The van der Waals surface area contributed by atoms with Crippen LogP contribution in [-0.2, 0) is 23.1 Å². The van der Waals surface area contributed by atoms with Crippen molar-refractivity contribution in [2.75, 3.05) is 13.2 Å². The Kier molecular flexibility index (Phi) is 4.34. The van der Waals surface area contributed by atoms with Gasteiger partial charge in [0.1, 0.15) is 11.3 Å². The largest absolute Gasteiger partial charge is 0.469 e. The maximum Gasteiger partial charge on any atom is 0.227 e. The van der Waals surface area contributed by atoms with E-state index in [0.29, 0.717) is 31.3 Å². The Balaban J connectivity index is 1.94. The van der Waals surface area contributed by atoms with Crippen molar-refractivity contribution in [3.05, 3.63) is 35.9 Å². The lowest BCUT2D eigenvalue weighted by atomic mass is 10.1. The molecule has 0 aromatic carbocycles. The number of nitrogens with zero attached hydrogens (tertiary/aromatic N) is 2. The summed E-state index contributed by atoms with van der Waals surface area (Å²) in [6.07, 6.45) is 3.00. The highest BCUT2D eigenvalue weighted by atomic mass is 16.5. The third kappa shape index (κ3) is 3.65. The van der Waals surface area contributed by atoms with Crippen molar-refractivity contribution < 1.29 is 13.7 Å². The Morgan fingerprint density at radius 1 is 1.42 bits per heavy atom. The smallest absolute Gasteiger partial charge is 0.227 e. The monoisotopic (exact) mass is 265 g/mol. The van der Waals surface area contributed by atoms with Gasteiger partial charge in [0.15, 0.2) is 5.82 Å². The van der Waals surface area contributed by atoms with Gasteiger partial charge in [-0.3, -0.25) is 0 Å². The molecule has 6 nitrogen and oxygen atoms in total. The van der Waals surface area contributed by atoms with E-state index < -0.39 is 5.54 Å². The maximum absolute atomic E-state index is 6.10. The molecule has 0 amide bonds. The van der Waals surface area contributed by atoms with E-state index in [-0.39, 0.29) is 0 Å². The van der Waals surface area contributed by atoms with Gasteiger partial charge >= 0.3 is 0 Å². The zero-order chi connectivity index (χ0) is 13.7. The van der Waals surface area contributed by atoms with Crippen LogP contribution in [0.5, 0.6) is 0 Å². The molecule has 19 heavy (non-hydrogen) atoms. The molecule has 0 bridgehead atoms. The van der Waals surface area contributed by atoms with Gasteiger partial charge in [-0.25, -0.2) is 0 Å². The van der Waals surface area contributed by atoms with Gasteiger partial charge in [0, 0.05) is 19.4 Å². The Morgan fingerprint density at radius 2 is 2.26 bits per heavy atom. The molecule has 2 N–H and O–H groups in total. The predicted octanol–water partition coefficient (Wildman–Crippen LogP) is 1.66. The third-order valence-corrected chi connectivity index (χ3v) is 2.75. The lowest BCUT2D eigenvalue weighted by Crippen LogP contribution is -2.39. The van der Waals surface area contributed by atoms with Crippen LogP contribution in [0.4, 0.5) is 0 Å². The van der Waals surface area contributed by atoms with Gasteiger partial charge < -0.3 is 19.4 Å². The van der Waals surface area contributed by atoms with Crippen LogP contribution in [0, 0.1) is 0 Å². The molecule has 1 atom stereocenters. The Bertz CT molecular complexity index is 491. The minimum Gasteiger partial charge on any atom is -0.469 e. The summed E-state index contributed by atoms with van der Waals surface area (Å²) < 4.78 is 15.8. The average molecular weight is 265 g/mol. The van der Waals surface area contributed by atoms with Gasteiger partial charge in [0.05, 0.1) is 12.9 Å². The van der Waals surface area contributed by atoms with Gasteiger partial charge in [-0.1, -0.05) is 5.16 Å². The number of hydrogen-bond acceptors (Lipinski definition) is 6. The fourth-order valence-electron chi connectivity index (χ4n) is 1.65. The molecule has 0 aliphatic carbocycles. The van der Waals surface area contributed by atoms with Crippen LogP contribution in [0.3, 0.4) is 0 Å². The topological polar surface area (TPSA) is 87.3 Å². The van der Waals surface area contributed by atoms with Gasteiger partial charge in [0.25, 0.3) is 0 Å². The summed E-state index contributed by atoms with van der Waals surface area (Å²) >= 11 is 0. The van der Waals surface area contributed by atoms with Crippen LogP contribution in [-0.4, -0.2) is 23.4 Å². The molecule has 0 saturated carbocycles. The predicted molar refractivity (Wildman–Crippen MR) is 68.4 cm³/mol. The summed E-state index contributed by atoms with van der Waals surface area (Å²) in [6.45, 7) is 4.71. The van der Waals surface area contributed by atoms with Crippen molar-refractivity contribution in [2.24, 2.45) is 5.73 Å². The van der Waals surface area contributed by atoms with E-state index in [1.807, 2.05) is 26.0 Å². The molecule has 2 aromatic rings. The summed E-state index contributed by atoms with van der Waals surface area (Å²) in [6, 6.07) is 3.77. The molecule has 0 saturated heterocycles. The Hall–Kier alpha value is -1.66. The summed E-state index contributed by atoms with van der Waals surface area (Å²) in [5.74, 6) is 1.92. The first kappa shape index (κ1) is 13.8. The van der Waals surface area contributed by atoms with E-state index in [1.165, 1.54) is 0 Å². The second kappa shape index (κ2) is 5.99. The molecular weight excluding hydrogens is 246 g/mol. The molecule has 104 valence electrons. The number of aryl methyl sites for hydroxylation is 2. The third-order valence-electron chi connectivity index (χ3n) is 2.75. The molecule has 1 unspecified atom stereocenters. The molecule has 6 heteroatoms. The van der Waals surface area contributed by atoms with E-state index >= 15 is 0 Å². The zero-order valence-electron chi connectivity index (χ0n) is 11.3. The number of aromatic nitrogens is 2. The van der Waals surface area contributed by atoms with Crippen molar-refractivity contribution >= 4 is 0 Å².